The molecule has 0 spiro atoms. The van der Waals surface area contributed by atoms with Gasteiger partial charge in [0.05, 0.1) is 6.61 Å². The molecule has 8 nitrogen and oxygen atoms in total. The quantitative estimate of drug-likeness (QED) is 0.677. The van der Waals surface area contributed by atoms with Crippen molar-refractivity contribution in [1.29, 1.82) is 5.26 Å². The Labute approximate surface area is 195 Å². The highest BCUT2D eigenvalue weighted by Gasteiger charge is 2.30. The summed E-state index contributed by atoms with van der Waals surface area (Å²) in [5.41, 5.74) is 3.39. The number of nitrogens with zero attached hydrogens (tertiary/aromatic N) is 5. The molecule has 2 aromatic rings. The number of aromatic hydroxyl groups is 1. The van der Waals surface area contributed by atoms with Gasteiger partial charge in [0.25, 0.3) is 0 Å². The molecule has 2 aliphatic rings. The van der Waals surface area contributed by atoms with Gasteiger partial charge in [0.15, 0.2) is 0 Å². The van der Waals surface area contributed by atoms with Gasteiger partial charge in [-0.25, -0.2) is 4.79 Å². The van der Waals surface area contributed by atoms with Crippen molar-refractivity contribution < 1.29 is 14.6 Å². The molecule has 0 unspecified atom stereocenters. The van der Waals surface area contributed by atoms with Crippen LogP contribution in [0.25, 0.3) is 0 Å². The summed E-state index contributed by atoms with van der Waals surface area (Å²) in [6.07, 6.45) is 2.35. The first-order chi connectivity index (χ1) is 16.1. The molecule has 1 fully saturated rings. The Hall–Kier alpha value is -3.31. The number of piperazine rings is 1. The molecule has 1 aromatic carbocycles. The molecular formula is C25H31N5O3. The minimum Gasteiger partial charge on any atom is -0.492 e. The highest BCUT2D eigenvalue weighted by Crippen LogP contribution is 2.35. The van der Waals surface area contributed by atoms with E-state index in [0.29, 0.717) is 39.3 Å². The number of pyridine rings is 1. The number of carbonyl (C=O) groups excluding carboxylic acids is 1. The van der Waals surface area contributed by atoms with Crippen LogP contribution in [0, 0.1) is 11.3 Å². The van der Waals surface area contributed by atoms with Crippen LogP contribution >= 0.6 is 0 Å². The predicted octanol–water partition coefficient (Wildman–Crippen LogP) is 3.28. The van der Waals surface area contributed by atoms with Crippen molar-refractivity contribution in [3.05, 3.63) is 52.6 Å². The van der Waals surface area contributed by atoms with Gasteiger partial charge in [-0.3, -0.25) is 4.90 Å². The molecule has 3 heterocycles. The zero-order valence-corrected chi connectivity index (χ0v) is 19.2. The van der Waals surface area contributed by atoms with Crippen molar-refractivity contribution in [2.24, 2.45) is 0 Å². The van der Waals surface area contributed by atoms with E-state index in [4.69, 9.17) is 4.74 Å². The molecule has 2 aliphatic heterocycles. The summed E-state index contributed by atoms with van der Waals surface area (Å²) in [6.45, 7) is 7.08. The van der Waals surface area contributed by atoms with Crippen LogP contribution in [0.4, 0.5) is 10.6 Å². The van der Waals surface area contributed by atoms with E-state index in [1.165, 1.54) is 5.56 Å². The third kappa shape index (κ3) is 5.20. The van der Waals surface area contributed by atoms with Crippen LogP contribution in [0.5, 0.6) is 5.88 Å². The maximum atomic E-state index is 12.3. The zero-order valence-electron chi connectivity index (χ0n) is 19.2. The summed E-state index contributed by atoms with van der Waals surface area (Å²) in [5.74, 6) is 0.522. The number of benzene rings is 1. The van der Waals surface area contributed by atoms with Gasteiger partial charge in [-0.05, 0) is 24.0 Å². The number of hydrogen-bond acceptors (Lipinski definition) is 7. The van der Waals surface area contributed by atoms with Crippen molar-refractivity contribution in [3.63, 3.8) is 0 Å². The normalized spacial score (nSPS) is 16.2. The van der Waals surface area contributed by atoms with Crippen molar-refractivity contribution in [1.82, 2.24) is 14.8 Å². The Kier molecular flexibility index (Phi) is 7.30. The van der Waals surface area contributed by atoms with E-state index in [-0.39, 0.29) is 17.5 Å². The number of nitriles is 1. The lowest BCUT2D eigenvalue weighted by Gasteiger charge is -2.38. The Morgan fingerprint density at radius 2 is 1.91 bits per heavy atom. The topological polar surface area (TPSA) is 92.9 Å². The maximum Gasteiger partial charge on any atom is 0.409 e. The monoisotopic (exact) mass is 449 g/mol. The number of unbranched alkanes of at least 4 members (excludes halogenated alkanes) is 1. The van der Waals surface area contributed by atoms with Gasteiger partial charge in [0, 0.05) is 51.4 Å². The molecule has 4 rings (SSSR count). The Bertz CT molecular complexity index is 1010. The SMILES string of the molecule is CCCCOC(=O)N1CCN(c2nc(O)c(C#N)c3c2CCN(Cc2ccccc2)C3)CC1. The molecule has 0 bridgehead atoms. The molecule has 1 saturated heterocycles. The minimum absolute atomic E-state index is 0.214. The molecule has 1 amide bonds. The molecule has 1 N–H and O–H groups in total. The van der Waals surface area contributed by atoms with Gasteiger partial charge in [0.1, 0.15) is 17.5 Å². The van der Waals surface area contributed by atoms with Crippen molar-refractivity contribution in [2.45, 2.75) is 39.3 Å². The number of aromatic nitrogens is 1. The second-order valence-corrected chi connectivity index (χ2v) is 8.59. The lowest BCUT2D eigenvalue weighted by Crippen LogP contribution is -2.49. The van der Waals surface area contributed by atoms with E-state index in [9.17, 15) is 15.2 Å². The fraction of sp³-hybridized carbons (Fsp3) is 0.480. The van der Waals surface area contributed by atoms with Crippen molar-refractivity contribution in [3.8, 4) is 11.9 Å². The van der Waals surface area contributed by atoms with E-state index in [1.807, 2.05) is 18.2 Å². The summed E-state index contributed by atoms with van der Waals surface area (Å²) in [6, 6.07) is 12.4. The van der Waals surface area contributed by atoms with Gasteiger partial charge in [0.2, 0.25) is 5.88 Å². The molecular weight excluding hydrogens is 418 g/mol. The van der Waals surface area contributed by atoms with Crippen molar-refractivity contribution >= 4 is 11.9 Å². The first-order valence-corrected chi connectivity index (χ1v) is 11.7. The molecule has 174 valence electrons. The molecule has 0 aliphatic carbocycles. The highest BCUT2D eigenvalue weighted by molar-refractivity contribution is 5.68. The van der Waals surface area contributed by atoms with Gasteiger partial charge in [-0.15, -0.1) is 0 Å². The number of fused-ring (bicyclic) bond motifs is 1. The van der Waals surface area contributed by atoms with Crippen LogP contribution < -0.4 is 4.90 Å². The Morgan fingerprint density at radius 1 is 1.15 bits per heavy atom. The first-order valence-electron chi connectivity index (χ1n) is 11.7. The fourth-order valence-electron chi connectivity index (χ4n) is 4.51. The molecule has 8 heteroatoms. The third-order valence-electron chi connectivity index (χ3n) is 6.35. The van der Waals surface area contributed by atoms with E-state index in [2.05, 4.69) is 39.9 Å². The van der Waals surface area contributed by atoms with Crippen molar-refractivity contribution in [2.75, 3.05) is 44.2 Å². The number of ether oxygens (including phenoxy) is 1. The summed E-state index contributed by atoms with van der Waals surface area (Å²) >= 11 is 0. The van der Waals surface area contributed by atoms with E-state index in [1.54, 1.807) is 4.90 Å². The van der Waals surface area contributed by atoms with Gasteiger partial charge >= 0.3 is 6.09 Å². The van der Waals surface area contributed by atoms with E-state index < -0.39 is 0 Å². The summed E-state index contributed by atoms with van der Waals surface area (Å²) in [7, 11) is 0. The molecule has 0 atom stereocenters. The predicted molar refractivity (Wildman–Crippen MR) is 125 cm³/mol. The molecule has 0 radical (unpaired) electrons. The van der Waals surface area contributed by atoms with Crippen LogP contribution in [0.1, 0.15) is 42.0 Å². The second-order valence-electron chi connectivity index (χ2n) is 8.59. The number of hydrogen-bond donors (Lipinski definition) is 1. The molecule has 33 heavy (non-hydrogen) atoms. The number of amides is 1. The average Bonchev–Trinajstić information content (AvgIpc) is 2.84. The molecule has 0 saturated carbocycles. The standard InChI is InChI=1S/C25H31N5O3/c1-2-3-15-33-25(32)30-13-11-29(12-14-30)23-20-9-10-28(17-19-7-5-4-6-8-19)18-22(20)21(16-26)24(31)27-23/h4-8H,2-3,9-15,17-18H2,1H3,(H,27,31). The summed E-state index contributed by atoms with van der Waals surface area (Å²) in [4.78, 5) is 22.8. The Morgan fingerprint density at radius 3 is 2.61 bits per heavy atom. The van der Waals surface area contributed by atoms with Gasteiger partial charge in [-0.2, -0.15) is 10.2 Å². The van der Waals surface area contributed by atoms with Gasteiger partial charge < -0.3 is 19.6 Å². The van der Waals surface area contributed by atoms with Crippen LogP contribution in [-0.2, 0) is 24.2 Å². The van der Waals surface area contributed by atoms with E-state index in [0.717, 1.165) is 49.3 Å². The third-order valence-corrected chi connectivity index (χ3v) is 6.35. The number of carbonyl (C=O) groups is 1. The lowest BCUT2D eigenvalue weighted by atomic mass is 9.95. The second kappa shape index (κ2) is 10.5. The highest BCUT2D eigenvalue weighted by atomic mass is 16.6. The smallest absolute Gasteiger partial charge is 0.409 e. The summed E-state index contributed by atoms with van der Waals surface area (Å²) < 4.78 is 5.33. The van der Waals surface area contributed by atoms with Crippen LogP contribution in [0.2, 0.25) is 0 Å². The molecule has 1 aromatic heterocycles. The largest absolute Gasteiger partial charge is 0.492 e. The Balaban J connectivity index is 1.48. The fourth-order valence-corrected chi connectivity index (χ4v) is 4.51. The maximum absolute atomic E-state index is 12.3. The zero-order chi connectivity index (χ0) is 23.2. The lowest BCUT2D eigenvalue weighted by molar-refractivity contribution is 0.0988. The van der Waals surface area contributed by atoms with Gasteiger partial charge in [-0.1, -0.05) is 43.7 Å². The summed E-state index contributed by atoms with van der Waals surface area (Å²) in [5, 5.41) is 20.2. The number of anilines is 1. The minimum atomic E-state index is -0.266. The van der Waals surface area contributed by atoms with Crippen LogP contribution in [0.15, 0.2) is 30.3 Å². The van der Waals surface area contributed by atoms with Crippen LogP contribution in [-0.4, -0.2) is 65.3 Å². The van der Waals surface area contributed by atoms with Crippen LogP contribution in [0.3, 0.4) is 0 Å². The number of rotatable bonds is 6. The average molecular weight is 450 g/mol. The van der Waals surface area contributed by atoms with E-state index >= 15 is 0 Å². The first kappa shape index (κ1) is 22.9.